The van der Waals surface area contributed by atoms with Crippen LogP contribution in [0.4, 0.5) is 0 Å². The molecule has 2 aromatic heterocycles. The van der Waals surface area contributed by atoms with Crippen molar-refractivity contribution in [1.29, 1.82) is 0 Å². The molecule has 0 N–H and O–H groups in total. The van der Waals surface area contributed by atoms with Crippen LogP contribution in [0.2, 0.25) is 0 Å². The molecule has 0 aliphatic rings. The normalized spacial score (nSPS) is 10.4. The number of ether oxygens (including phenoxy) is 1. The maximum Gasteiger partial charge on any atom is 0.360 e. The summed E-state index contributed by atoms with van der Waals surface area (Å²) in [4.78, 5) is 11.1. The maximum atomic E-state index is 11.1. The first-order valence-corrected chi connectivity index (χ1v) is 4.46. The number of rotatable bonds is 3. The zero-order chi connectivity index (χ0) is 11.5. The Morgan fingerprint density at radius 1 is 1.50 bits per heavy atom. The Morgan fingerprint density at radius 2 is 2.31 bits per heavy atom. The van der Waals surface area contributed by atoms with E-state index in [2.05, 4.69) is 25.2 Å². The smallest absolute Gasteiger partial charge is 0.360 e. The molecule has 0 aliphatic carbocycles. The van der Waals surface area contributed by atoms with E-state index < -0.39 is 5.97 Å². The van der Waals surface area contributed by atoms with Gasteiger partial charge in [-0.2, -0.15) is 0 Å². The molecule has 0 atom stereocenters. The monoisotopic (exact) mass is 223 g/mol. The Kier molecular flexibility index (Phi) is 2.63. The lowest BCUT2D eigenvalue weighted by atomic mass is 10.5. The van der Waals surface area contributed by atoms with Crippen LogP contribution in [0, 0.1) is 6.92 Å². The SMILES string of the molecule is COC(=O)c1cn(Cc2nnc(C)o2)nn1. The molecule has 0 radical (unpaired) electrons. The van der Waals surface area contributed by atoms with Gasteiger partial charge in [0, 0.05) is 6.92 Å². The van der Waals surface area contributed by atoms with Crippen molar-refractivity contribution in [3.05, 3.63) is 23.7 Å². The number of nitrogens with zero attached hydrogens (tertiary/aromatic N) is 5. The van der Waals surface area contributed by atoms with Crippen molar-refractivity contribution in [2.75, 3.05) is 7.11 Å². The fraction of sp³-hybridized carbons (Fsp3) is 0.375. The molecule has 2 aromatic rings. The summed E-state index contributed by atoms with van der Waals surface area (Å²) in [6.45, 7) is 1.96. The van der Waals surface area contributed by atoms with Crippen LogP contribution in [-0.2, 0) is 11.3 Å². The molecule has 0 aliphatic heterocycles. The van der Waals surface area contributed by atoms with Gasteiger partial charge < -0.3 is 9.15 Å². The van der Waals surface area contributed by atoms with Crippen molar-refractivity contribution in [3.63, 3.8) is 0 Å². The number of methoxy groups -OCH3 is 1. The van der Waals surface area contributed by atoms with Crippen molar-refractivity contribution < 1.29 is 13.9 Å². The van der Waals surface area contributed by atoms with Crippen LogP contribution in [-0.4, -0.2) is 38.3 Å². The molecule has 0 amide bonds. The Hall–Kier alpha value is -2.25. The summed E-state index contributed by atoms with van der Waals surface area (Å²) in [7, 11) is 1.28. The predicted molar refractivity (Wildman–Crippen MR) is 49.5 cm³/mol. The van der Waals surface area contributed by atoms with Gasteiger partial charge in [0.05, 0.1) is 13.3 Å². The van der Waals surface area contributed by atoms with E-state index in [4.69, 9.17) is 4.42 Å². The minimum absolute atomic E-state index is 0.138. The summed E-state index contributed by atoms with van der Waals surface area (Å²) in [6.07, 6.45) is 1.45. The van der Waals surface area contributed by atoms with Crippen LogP contribution in [0.25, 0.3) is 0 Å². The van der Waals surface area contributed by atoms with Crippen LogP contribution in [0.5, 0.6) is 0 Å². The van der Waals surface area contributed by atoms with Crippen molar-refractivity contribution in [2.45, 2.75) is 13.5 Å². The first kappa shape index (κ1) is 10.3. The van der Waals surface area contributed by atoms with E-state index in [-0.39, 0.29) is 12.2 Å². The van der Waals surface area contributed by atoms with E-state index in [1.165, 1.54) is 18.0 Å². The van der Waals surface area contributed by atoms with Crippen molar-refractivity contribution in [3.8, 4) is 0 Å². The molecule has 0 saturated carbocycles. The van der Waals surface area contributed by atoms with Gasteiger partial charge in [-0.1, -0.05) is 5.21 Å². The zero-order valence-corrected chi connectivity index (χ0v) is 8.75. The molecule has 2 rings (SSSR count). The fourth-order valence-corrected chi connectivity index (χ4v) is 1.11. The molecule has 16 heavy (non-hydrogen) atoms. The lowest BCUT2D eigenvalue weighted by molar-refractivity contribution is 0.0594. The Bertz CT molecular complexity index is 503. The van der Waals surface area contributed by atoms with E-state index in [0.717, 1.165) is 0 Å². The van der Waals surface area contributed by atoms with Crippen LogP contribution in [0.3, 0.4) is 0 Å². The summed E-state index contributed by atoms with van der Waals surface area (Å²) in [5.41, 5.74) is 0.138. The first-order chi connectivity index (χ1) is 7.69. The van der Waals surface area contributed by atoms with Gasteiger partial charge in [0.2, 0.25) is 11.8 Å². The van der Waals surface area contributed by atoms with E-state index in [0.29, 0.717) is 11.8 Å². The standard InChI is InChI=1S/C8H9N5O3/c1-5-9-11-7(16-5)4-13-3-6(10-12-13)8(14)15-2/h3H,4H2,1-2H3. The largest absolute Gasteiger partial charge is 0.464 e. The summed E-state index contributed by atoms with van der Waals surface area (Å²) in [5.74, 6) is 0.343. The number of carbonyl (C=O) groups is 1. The highest BCUT2D eigenvalue weighted by molar-refractivity contribution is 5.86. The summed E-state index contributed by atoms with van der Waals surface area (Å²) >= 11 is 0. The molecule has 2 heterocycles. The average molecular weight is 223 g/mol. The van der Waals surface area contributed by atoms with Crippen LogP contribution in [0.1, 0.15) is 22.3 Å². The quantitative estimate of drug-likeness (QED) is 0.665. The Labute approximate surface area is 90.2 Å². The molecule has 0 fully saturated rings. The molecular formula is C8H9N5O3. The minimum Gasteiger partial charge on any atom is -0.464 e. The van der Waals surface area contributed by atoms with Gasteiger partial charge in [-0.25, -0.2) is 9.48 Å². The number of carbonyl (C=O) groups excluding carboxylic acids is 1. The van der Waals surface area contributed by atoms with E-state index >= 15 is 0 Å². The lowest BCUT2D eigenvalue weighted by Crippen LogP contribution is -2.02. The molecule has 84 valence electrons. The first-order valence-electron chi connectivity index (χ1n) is 4.46. The highest BCUT2D eigenvalue weighted by atomic mass is 16.5. The Balaban J connectivity index is 2.11. The van der Waals surface area contributed by atoms with Gasteiger partial charge in [-0.3, -0.25) is 0 Å². The molecule has 0 bridgehead atoms. The third kappa shape index (κ3) is 2.05. The number of hydrogen-bond donors (Lipinski definition) is 0. The van der Waals surface area contributed by atoms with Gasteiger partial charge in [-0.05, 0) is 0 Å². The number of aryl methyl sites for hydroxylation is 1. The van der Waals surface area contributed by atoms with Crippen molar-refractivity contribution >= 4 is 5.97 Å². The summed E-state index contributed by atoms with van der Waals surface area (Å²) in [6, 6.07) is 0. The summed E-state index contributed by atoms with van der Waals surface area (Å²) < 4.78 is 11.1. The van der Waals surface area contributed by atoms with Gasteiger partial charge >= 0.3 is 5.97 Å². The minimum atomic E-state index is -0.534. The third-order valence-corrected chi connectivity index (χ3v) is 1.80. The van der Waals surface area contributed by atoms with E-state index in [1.54, 1.807) is 6.92 Å². The second-order valence-electron chi connectivity index (χ2n) is 3.01. The zero-order valence-electron chi connectivity index (χ0n) is 8.75. The predicted octanol–water partition coefficient (Wildman–Crippen LogP) is -0.196. The van der Waals surface area contributed by atoms with E-state index in [9.17, 15) is 4.79 Å². The maximum absolute atomic E-state index is 11.1. The third-order valence-electron chi connectivity index (χ3n) is 1.80. The molecule has 0 aromatic carbocycles. The fourth-order valence-electron chi connectivity index (χ4n) is 1.11. The van der Waals surface area contributed by atoms with Gasteiger partial charge in [0.25, 0.3) is 0 Å². The number of hydrogen-bond acceptors (Lipinski definition) is 7. The van der Waals surface area contributed by atoms with Crippen LogP contribution in [0.15, 0.2) is 10.6 Å². The highest BCUT2D eigenvalue weighted by Crippen LogP contribution is 2.01. The molecule has 8 nitrogen and oxygen atoms in total. The average Bonchev–Trinajstić information content (AvgIpc) is 2.87. The molecule has 8 heteroatoms. The molecular weight excluding hydrogens is 214 g/mol. The second-order valence-corrected chi connectivity index (χ2v) is 3.01. The van der Waals surface area contributed by atoms with Gasteiger partial charge in [0.15, 0.2) is 5.69 Å². The van der Waals surface area contributed by atoms with Crippen molar-refractivity contribution in [1.82, 2.24) is 25.2 Å². The number of aromatic nitrogens is 5. The Morgan fingerprint density at radius 3 is 2.94 bits per heavy atom. The van der Waals surface area contributed by atoms with Crippen LogP contribution < -0.4 is 0 Å². The van der Waals surface area contributed by atoms with Gasteiger partial charge in [0.1, 0.15) is 6.54 Å². The molecule has 0 spiro atoms. The van der Waals surface area contributed by atoms with Crippen molar-refractivity contribution in [2.24, 2.45) is 0 Å². The highest BCUT2D eigenvalue weighted by Gasteiger charge is 2.12. The van der Waals surface area contributed by atoms with Crippen LogP contribution >= 0.6 is 0 Å². The second kappa shape index (κ2) is 4.09. The van der Waals surface area contributed by atoms with Gasteiger partial charge in [-0.15, -0.1) is 15.3 Å². The van der Waals surface area contributed by atoms with E-state index in [1.807, 2.05) is 0 Å². The molecule has 0 unspecified atom stereocenters. The number of esters is 1. The summed E-state index contributed by atoms with van der Waals surface area (Å²) in [5, 5.41) is 14.8. The lowest BCUT2D eigenvalue weighted by Gasteiger charge is -1.92. The molecule has 0 saturated heterocycles. The topological polar surface area (TPSA) is 95.9 Å².